The summed E-state index contributed by atoms with van der Waals surface area (Å²) in [5, 5.41) is 0. The van der Waals surface area contributed by atoms with Crippen LogP contribution in [0.3, 0.4) is 0 Å². The molecule has 1 aliphatic carbocycles. The van der Waals surface area contributed by atoms with Gasteiger partial charge in [0.25, 0.3) is 0 Å². The lowest BCUT2D eigenvalue weighted by Gasteiger charge is -2.52. The van der Waals surface area contributed by atoms with Crippen LogP contribution in [-0.2, 0) is 0 Å². The first-order valence-electron chi connectivity index (χ1n) is 5.25. The number of nitrogens with zero attached hydrogens (tertiary/aromatic N) is 1. The van der Waals surface area contributed by atoms with E-state index >= 15 is 0 Å². The van der Waals surface area contributed by atoms with Gasteiger partial charge in [0.15, 0.2) is 0 Å². The molecule has 1 aliphatic heterocycles. The topological polar surface area (TPSA) is 29.3 Å². The maximum atomic E-state index is 6.06. The van der Waals surface area contributed by atoms with E-state index in [9.17, 15) is 0 Å². The van der Waals surface area contributed by atoms with Crippen molar-refractivity contribution in [2.24, 2.45) is 11.1 Å². The Morgan fingerprint density at radius 2 is 2.00 bits per heavy atom. The Morgan fingerprint density at radius 3 is 2.33 bits per heavy atom. The molecule has 0 bridgehead atoms. The third-order valence-corrected chi connectivity index (χ3v) is 4.04. The molecule has 0 radical (unpaired) electrons. The number of hydrogen-bond donors (Lipinski definition) is 1. The monoisotopic (exact) mass is 168 g/mol. The van der Waals surface area contributed by atoms with Crippen molar-refractivity contribution in [3.05, 3.63) is 0 Å². The molecule has 2 aliphatic rings. The molecule has 0 aromatic rings. The van der Waals surface area contributed by atoms with E-state index in [0.717, 1.165) is 0 Å². The highest BCUT2D eigenvalue weighted by molar-refractivity contribution is 5.01. The second-order valence-electron chi connectivity index (χ2n) is 4.44. The largest absolute Gasteiger partial charge is 0.327 e. The number of rotatable bonds is 1. The quantitative estimate of drug-likeness (QED) is 0.637. The molecular weight excluding hydrogens is 148 g/mol. The molecule has 0 amide bonds. The maximum Gasteiger partial charge on any atom is 0.00967 e. The molecule has 1 heterocycles. The van der Waals surface area contributed by atoms with Crippen LogP contribution in [0.2, 0.25) is 0 Å². The summed E-state index contributed by atoms with van der Waals surface area (Å²) in [6.07, 6.45) is 5.36. The normalized spacial score (nSPS) is 35.0. The van der Waals surface area contributed by atoms with E-state index in [4.69, 9.17) is 5.73 Å². The molecule has 70 valence electrons. The van der Waals surface area contributed by atoms with Crippen LogP contribution in [0.5, 0.6) is 0 Å². The Morgan fingerprint density at radius 1 is 1.33 bits per heavy atom. The van der Waals surface area contributed by atoms with Crippen LogP contribution < -0.4 is 5.73 Å². The number of likely N-dealkylation sites (tertiary alicyclic amines) is 1. The summed E-state index contributed by atoms with van der Waals surface area (Å²) < 4.78 is 0. The van der Waals surface area contributed by atoms with E-state index in [1.807, 2.05) is 0 Å². The van der Waals surface area contributed by atoms with Crippen molar-refractivity contribution in [3.63, 3.8) is 0 Å². The second-order valence-corrected chi connectivity index (χ2v) is 4.44. The lowest BCUT2D eigenvalue weighted by Crippen LogP contribution is -2.56. The second kappa shape index (κ2) is 3.00. The van der Waals surface area contributed by atoms with Gasteiger partial charge >= 0.3 is 0 Å². The van der Waals surface area contributed by atoms with Crippen molar-refractivity contribution in [1.29, 1.82) is 0 Å². The van der Waals surface area contributed by atoms with Gasteiger partial charge in [0.05, 0.1) is 0 Å². The first-order chi connectivity index (χ1) is 5.77. The van der Waals surface area contributed by atoms with Crippen molar-refractivity contribution >= 4 is 0 Å². The molecule has 1 saturated heterocycles. The average Bonchev–Trinajstić information content (AvgIpc) is 2.16. The van der Waals surface area contributed by atoms with E-state index < -0.39 is 0 Å². The fraction of sp³-hybridized carbons (Fsp3) is 1.00. The van der Waals surface area contributed by atoms with E-state index in [1.165, 1.54) is 45.3 Å². The fourth-order valence-corrected chi connectivity index (χ4v) is 2.65. The predicted octanol–water partition coefficient (Wildman–Crippen LogP) is 1.21. The highest BCUT2D eigenvalue weighted by Gasteiger charge is 2.45. The maximum absolute atomic E-state index is 6.06. The van der Waals surface area contributed by atoms with Crippen molar-refractivity contribution in [3.8, 4) is 0 Å². The Bertz CT molecular complexity index is 159. The van der Waals surface area contributed by atoms with Gasteiger partial charge in [-0.3, -0.25) is 0 Å². The van der Waals surface area contributed by atoms with Crippen LogP contribution in [0.4, 0.5) is 0 Å². The van der Waals surface area contributed by atoms with Crippen LogP contribution in [-0.4, -0.2) is 30.6 Å². The molecule has 1 spiro atoms. The molecule has 0 aromatic carbocycles. The lowest BCUT2D eigenvalue weighted by molar-refractivity contribution is 0.0119. The molecule has 2 fully saturated rings. The summed E-state index contributed by atoms with van der Waals surface area (Å²) in [6.45, 7) is 6.03. The Kier molecular flexibility index (Phi) is 2.13. The third kappa shape index (κ3) is 1.17. The van der Waals surface area contributed by atoms with E-state index in [0.29, 0.717) is 11.5 Å². The van der Waals surface area contributed by atoms with Gasteiger partial charge < -0.3 is 10.6 Å². The lowest BCUT2D eigenvalue weighted by atomic mass is 9.60. The number of hydrogen-bond acceptors (Lipinski definition) is 2. The standard InChI is InChI=1S/C10H20N2/c1-2-12-7-5-10(6-8-12)4-3-9(10)11/h9H,2-8,11H2,1H3/t9-/m0/s1. The molecule has 2 heteroatoms. The van der Waals surface area contributed by atoms with Crippen LogP contribution >= 0.6 is 0 Å². The van der Waals surface area contributed by atoms with Gasteiger partial charge in [0.1, 0.15) is 0 Å². The summed E-state index contributed by atoms with van der Waals surface area (Å²) in [4.78, 5) is 2.54. The van der Waals surface area contributed by atoms with Crippen LogP contribution in [0, 0.1) is 5.41 Å². The molecule has 1 saturated carbocycles. The first-order valence-corrected chi connectivity index (χ1v) is 5.25. The molecule has 2 rings (SSSR count). The summed E-state index contributed by atoms with van der Waals surface area (Å²) in [5.41, 5.74) is 6.63. The first kappa shape index (κ1) is 8.52. The summed E-state index contributed by atoms with van der Waals surface area (Å²) in [5.74, 6) is 0. The summed E-state index contributed by atoms with van der Waals surface area (Å²) in [6, 6.07) is 0.525. The van der Waals surface area contributed by atoms with Crippen molar-refractivity contribution in [1.82, 2.24) is 4.90 Å². The fourth-order valence-electron chi connectivity index (χ4n) is 2.65. The van der Waals surface area contributed by atoms with Gasteiger partial charge in [0, 0.05) is 6.04 Å². The van der Waals surface area contributed by atoms with Crippen molar-refractivity contribution in [2.75, 3.05) is 19.6 Å². The molecule has 1 atom stereocenters. The highest BCUT2D eigenvalue weighted by Crippen LogP contribution is 2.47. The molecule has 2 N–H and O–H groups in total. The molecule has 0 unspecified atom stereocenters. The zero-order valence-corrected chi connectivity index (χ0v) is 8.05. The zero-order valence-electron chi connectivity index (χ0n) is 8.05. The van der Waals surface area contributed by atoms with Gasteiger partial charge in [-0.25, -0.2) is 0 Å². The minimum Gasteiger partial charge on any atom is -0.327 e. The molecule has 12 heavy (non-hydrogen) atoms. The smallest absolute Gasteiger partial charge is 0.00967 e. The number of piperidine rings is 1. The summed E-state index contributed by atoms with van der Waals surface area (Å²) in [7, 11) is 0. The van der Waals surface area contributed by atoms with Gasteiger partial charge in [-0.05, 0) is 50.7 Å². The number of nitrogens with two attached hydrogens (primary N) is 1. The SMILES string of the molecule is CCN1CCC2(CC[C@@H]2N)CC1. The molecule has 0 aromatic heterocycles. The average molecular weight is 168 g/mol. The van der Waals surface area contributed by atoms with Gasteiger partial charge in [-0.15, -0.1) is 0 Å². The van der Waals surface area contributed by atoms with Gasteiger partial charge in [-0.2, -0.15) is 0 Å². The molecule has 2 nitrogen and oxygen atoms in total. The van der Waals surface area contributed by atoms with E-state index in [1.54, 1.807) is 0 Å². The van der Waals surface area contributed by atoms with Crippen molar-refractivity contribution in [2.45, 2.75) is 38.6 Å². The zero-order chi connectivity index (χ0) is 8.60. The Balaban J connectivity index is 1.89. The van der Waals surface area contributed by atoms with Gasteiger partial charge in [0.2, 0.25) is 0 Å². The Hall–Kier alpha value is -0.0800. The minimum atomic E-state index is 0.525. The van der Waals surface area contributed by atoms with Crippen molar-refractivity contribution < 1.29 is 0 Å². The summed E-state index contributed by atoms with van der Waals surface area (Å²) >= 11 is 0. The van der Waals surface area contributed by atoms with Crippen LogP contribution in [0.25, 0.3) is 0 Å². The van der Waals surface area contributed by atoms with E-state index in [-0.39, 0.29) is 0 Å². The third-order valence-electron chi connectivity index (χ3n) is 4.04. The highest BCUT2D eigenvalue weighted by atomic mass is 15.1. The van der Waals surface area contributed by atoms with E-state index in [2.05, 4.69) is 11.8 Å². The van der Waals surface area contributed by atoms with Crippen LogP contribution in [0.15, 0.2) is 0 Å². The minimum absolute atomic E-state index is 0.525. The Labute approximate surface area is 75.1 Å². The van der Waals surface area contributed by atoms with Gasteiger partial charge in [-0.1, -0.05) is 6.92 Å². The predicted molar refractivity (Wildman–Crippen MR) is 51.0 cm³/mol. The molecular formula is C10H20N2. The van der Waals surface area contributed by atoms with Crippen LogP contribution in [0.1, 0.15) is 32.6 Å².